The lowest BCUT2D eigenvalue weighted by atomic mass is 9.90. The zero-order valence-electron chi connectivity index (χ0n) is 9.07. The number of hydrogen-bond donors (Lipinski definition) is 0. The quantitative estimate of drug-likeness (QED) is 0.748. The van der Waals surface area contributed by atoms with Crippen molar-refractivity contribution in [3.05, 3.63) is 29.8 Å². The third-order valence-corrected chi connectivity index (χ3v) is 3.52. The zero-order chi connectivity index (χ0) is 11.6. The van der Waals surface area contributed by atoms with Crippen molar-refractivity contribution in [2.75, 3.05) is 0 Å². The Kier molecular flexibility index (Phi) is 3.50. The van der Waals surface area contributed by atoms with E-state index in [1.807, 2.05) is 0 Å². The van der Waals surface area contributed by atoms with Crippen LogP contribution in [0, 0.1) is 5.92 Å². The molecule has 0 saturated carbocycles. The maximum atomic E-state index is 12.6. The molecule has 0 aliphatic carbocycles. The Hall–Kier alpha value is -0.900. The van der Waals surface area contributed by atoms with Gasteiger partial charge < -0.3 is 0 Å². The predicted molar refractivity (Wildman–Crippen MR) is 58.0 cm³/mol. The van der Waals surface area contributed by atoms with Crippen LogP contribution in [0.15, 0.2) is 29.2 Å². The first-order chi connectivity index (χ1) is 6.82. The summed E-state index contributed by atoms with van der Waals surface area (Å²) in [6, 6.07) is 5.95. The summed E-state index contributed by atoms with van der Waals surface area (Å²) in [6.07, 6.45) is 0. The summed E-state index contributed by atoms with van der Waals surface area (Å²) >= 11 is 0. The van der Waals surface area contributed by atoms with Gasteiger partial charge in [-0.05, 0) is 29.5 Å². The van der Waals surface area contributed by atoms with Crippen molar-refractivity contribution in [1.82, 2.24) is 0 Å². The molecular formula is C11H15FO2S. The van der Waals surface area contributed by atoms with Gasteiger partial charge in [0.05, 0.1) is 4.90 Å². The molecule has 0 amide bonds. The summed E-state index contributed by atoms with van der Waals surface area (Å²) in [6.45, 7) is 6.23. The molecule has 1 atom stereocenters. The molecule has 0 radical (unpaired) electrons. The molecule has 0 fully saturated rings. The van der Waals surface area contributed by atoms with Crippen molar-refractivity contribution >= 4 is 10.2 Å². The topological polar surface area (TPSA) is 34.1 Å². The monoisotopic (exact) mass is 230 g/mol. The first-order valence-corrected chi connectivity index (χ1v) is 6.25. The van der Waals surface area contributed by atoms with E-state index < -0.39 is 10.2 Å². The summed E-state index contributed by atoms with van der Waals surface area (Å²) in [5.41, 5.74) is 1.03. The molecule has 84 valence electrons. The molecule has 1 rings (SSSR count). The van der Waals surface area contributed by atoms with Gasteiger partial charge in [0.15, 0.2) is 0 Å². The molecule has 0 aliphatic rings. The van der Waals surface area contributed by atoms with E-state index in [0.717, 1.165) is 5.56 Å². The molecule has 1 unspecified atom stereocenters. The van der Waals surface area contributed by atoms with Gasteiger partial charge >= 0.3 is 10.2 Å². The molecule has 0 N–H and O–H groups in total. The van der Waals surface area contributed by atoms with Crippen molar-refractivity contribution in [3.63, 3.8) is 0 Å². The summed E-state index contributed by atoms with van der Waals surface area (Å²) in [4.78, 5) is -0.276. The van der Waals surface area contributed by atoms with Crippen molar-refractivity contribution in [1.29, 1.82) is 0 Å². The molecule has 15 heavy (non-hydrogen) atoms. The van der Waals surface area contributed by atoms with Gasteiger partial charge in [-0.1, -0.05) is 32.9 Å². The lowest BCUT2D eigenvalue weighted by molar-refractivity contribution is 0.534. The van der Waals surface area contributed by atoms with Crippen LogP contribution in [0.2, 0.25) is 0 Å². The number of rotatable bonds is 3. The Morgan fingerprint density at radius 1 is 1.07 bits per heavy atom. The number of benzene rings is 1. The minimum atomic E-state index is -4.57. The molecule has 0 aliphatic heterocycles. The van der Waals surface area contributed by atoms with E-state index in [1.54, 1.807) is 12.1 Å². The standard InChI is InChI=1S/C11H15FO2S/c1-8(2)9(3)10-4-6-11(7-5-10)15(12,13)14/h4-9H,1-3H3. The maximum Gasteiger partial charge on any atom is 0.332 e. The van der Waals surface area contributed by atoms with Gasteiger partial charge in [-0.2, -0.15) is 8.42 Å². The van der Waals surface area contributed by atoms with E-state index >= 15 is 0 Å². The van der Waals surface area contributed by atoms with Gasteiger partial charge in [0.2, 0.25) is 0 Å². The van der Waals surface area contributed by atoms with E-state index in [4.69, 9.17) is 0 Å². The van der Waals surface area contributed by atoms with Gasteiger partial charge in [-0.15, -0.1) is 3.89 Å². The van der Waals surface area contributed by atoms with Gasteiger partial charge in [-0.25, -0.2) is 0 Å². The van der Waals surface area contributed by atoms with Gasteiger partial charge in [0.25, 0.3) is 0 Å². The van der Waals surface area contributed by atoms with Crippen LogP contribution < -0.4 is 0 Å². The lowest BCUT2D eigenvalue weighted by Crippen LogP contribution is -2.02. The summed E-state index contributed by atoms with van der Waals surface area (Å²) in [5.74, 6) is 0.805. The predicted octanol–water partition coefficient (Wildman–Crippen LogP) is 3.10. The van der Waals surface area contributed by atoms with Crippen LogP contribution in [0.1, 0.15) is 32.3 Å². The third-order valence-electron chi connectivity index (χ3n) is 2.69. The van der Waals surface area contributed by atoms with E-state index in [9.17, 15) is 12.3 Å². The van der Waals surface area contributed by atoms with Crippen LogP contribution in [0.3, 0.4) is 0 Å². The van der Waals surface area contributed by atoms with Crippen molar-refractivity contribution in [2.24, 2.45) is 5.92 Å². The average Bonchev–Trinajstić information content (AvgIpc) is 2.15. The first kappa shape index (κ1) is 12.2. The Labute approximate surface area is 90.3 Å². The highest BCUT2D eigenvalue weighted by molar-refractivity contribution is 7.86. The first-order valence-electron chi connectivity index (χ1n) is 4.87. The van der Waals surface area contributed by atoms with Crippen LogP contribution in [-0.2, 0) is 10.2 Å². The Balaban J connectivity index is 3.01. The van der Waals surface area contributed by atoms with E-state index in [0.29, 0.717) is 11.8 Å². The number of hydrogen-bond acceptors (Lipinski definition) is 2. The van der Waals surface area contributed by atoms with Crippen molar-refractivity contribution < 1.29 is 12.3 Å². The number of halogens is 1. The highest BCUT2D eigenvalue weighted by Gasteiger charge is 2.14. The third kappa shape index (κ3) is 3.02. The molecule has 0 spiro atoms. The molecule has 2 nitrogen and oxygen atoms in total. The smallest absolute Gasteiger partial charge is 0.189 e. The molecule has 0 bridgehead atoms. The molecule has 0 saturated heterocycles. The summed E-state index contributed by atoms with van der Waals surface area (Å²) in [7, 11) is -4.57. The largest absolute Gasteiger partial charge is 0.332 e. The minimum absolute atomic E-state index is 0.276. The fraction of sp³-hybridized carbons (Fsp3) is 0.455. The molecule has 1 aromatic rings. The van der Waals surface area contributed by atoms with Crippen LogP contribution in [-0.4, -0.2) is 8.42 Å². The lowest BCUT2D eigenvalue weighted by Gasteiger charge is -2.15. The van der Waals surface area contributed by atoms with Crippen molar-refractivity contribution in [2.45, 2.75) is 31.6 Å². The fourth-order valence-corrected chi connectivity index (χ4v) is 1.78. The van der Waals surface area contributed by atoms with Gasteiger partial charge in [-0.3, -0.25) is 0 Å². The average molecular weight is 230 g/mol. The maximum absolute atomic E-state index is 12.6. The fourth-order valence-electron chi connectivity index (χ4n) is 1.32. The van der Waals surface area contributed by atoms with Crippen LogP contribution in [0.4, 0.5) is 3.89 Å². The molecule has 1 aromatic carbocycles. The molecule has 0 heterocycles. The second-order valence-electron chi connectivity index (χ2n) is 4.04. The Bertz CT molecular complexity index is 420. The zero-order valence-corrected chi connectivity index (χ0v) is 9.88. The van der Waals surface area contributed by atoms with E-state index in [-0.39, 0.29) is 4.90 Å². The highest BCUT2D eigenvalue weighted by Crippen LogP contribution is 2.24. The van der Waals surface area contributed by atoms with Crippen LogP contribution in [0.5, 0.6) is 0 Å². The van der Waals surface area contributed by atoms with Gasteiger partial charge in [0, 0.05) is 0 Å². The molecule has 0 aromatic heterocycles. The summed E-state index contributed by atoms with van der Waals surface area (Å²) in [5, 5.41) is 0. The second-order valence-corrected chi connectivity index (χ2v) is 5.39. The summed E-state index contributed by atoms with van der Waals surface area (Å²) < 4.78 is 33.7. The molecule has 4 heteroatoms. The van der Waals surface area contributed by atoms with E-state index in [1.165, 1.54) is 12.1 Å². The Morgan fingerprint density at radius 3 is 1.87 bits per heavy atom. The minimum Gasteiger partial charge on any atom is -0.189 e. The second kappa shape index (κ2) is 4.31. The normalized spacial score (nSPS) is 14.2. The van der Waals surface area contributed by atoms with E-state index in [2.05, 4.69) is 20.8 Å². The highest BCUT2D eigenvalue weighted by atomic mass is 32.3. The van der Waals surface area contributed by atoms with Crippen LogP contribution >= 0.6 is 0 Å². The Morgan fingerprint density at radius 2 is 1.53 bits per heavy atom. The van der Waals surface area contributed by atoms with Crippen molar-refractivity contribution in [3.8, 4) is 0 Å². The van der Waals surface area contributed by atoms with Gasteiger partial charge in [0.1, 0.15) is 0 Å². The van der Waals surface area contributed by atoms with Crippen LogP contribution in [0.25, 0.3) is 0 Å². The molecular weight excluding hydrogens is 215 g/mol. The SMILES string of the molecule is CC(C)C(C)c1ccc(S(=O)(=O)F)cc1.